The highest BCUT2D eigenvalue weighted by atomic mass is 16.3. The molecule has 0 saturated carbocycles. The fraction of sp³-hybridized carbons (Fsp3) is 0.312. The number of aryl methyl sites for hydroxylation is 2. The molecule has 2 aromatic rings. The molecule has 0 aliphatic heterocycles. The van der Waals surface area contributed by atoms with Crippen LogP contribution in [0, 0.1) is 6.92 Å². The molecular formula is C16H19NO2. The first-order valence-corrected chi connectivity index (χ1v) is 6.55. The van der Waals surface area contributed by atoms with Crippen LogP contribution in [-0.2, 0) is 6.42 Å². The molecule has 3 nitrogen and oxygen atoms in total. The Morgan fingerprint density at radius 2 is 2.00 bits per heavy atom. The van der Waals surface area contributed by atoms with Crippen molar-refractivity contribution in [2.24, 2.45) is 0 Å². The Morgan fingerprint density at radius 1 is 1.26 bits per heavy atom. The zero-order valence-electron chi connectivity index (χ0n) is 11.3. The van der Waals surface area contributed by atoms with Gasteiger partial charge in [0.2, 0.25) is 0 Å². The highest BCUT2D eigenvalue weighted by Crippen LogP contribution is 2.10. The molecule has 1 heterocycles. The van der Waals surface area contributed by atoms with Crippen molar-refractivity contribution in [1.29, 1.82) is 0 Å². The summed E-state index contributed by atoms with van der Waals surface area (Å²) in [6, 6.07) is 12.2. The molecule has 1 aromatic heterocycles. The van der Waals surface area contributed by atoms with Crippen LogP contribution in [0.5, 0.6) is 0 Å². The van der Waals surface area contributed by atoms with Crippen LogP contribution < -0.4 is 5.32 Å². The minimum Gasteiger partial charge on any atom is -0.459 e. The van der Waals surface area contributed by atoms with Crippen LogP contribution in [0.3, 0.4) is 0 Å². The number of amides is 1. The predicted octanol–water partition coefficient (Wildman–Crippen LogP) is 3.34. The van der Waals surface area contributed by atoms with Gasteiger partial charge in [-0.25, -0.2) is 0 Å². The Balaban J connectivity index is 1.83. The molecule has 1 N–H and O–H groups in total. The fourth-order valence-corrected chi connectivity index (χ4v) is 1.99. The van der Waals surface area contributed by atoms with E-state index < -0.39 is 0 Å². The normalized spacial score (nSPS) is 12.1. The molecule has 1 atom stereocenters. The largest absolute Gasteiger partial charge is 0.459 e. The zero-order chi connectivity index (χ0) is 13.7. The third-order valence-corrected chi connectivity index (χ3v) is 3.15. The number of carbonyl (C=O) groups excluding carboxylic acids is 1. The van der Waals surface area contributed by atoms with Crippen molar-refractivity contribution in [3.8, 4) is 0 Å². The van der Waals surface area contributed by atoms with Gasteiger partial charge < -0.3 is 9.73 Å². The van der Waals surface area contributed by atoms with Crippen molar-refractivity contribution in [1.82, 2.24) is 5.32 Å². The summed E-state index contributed by atoms with van der Waals surface area (Å²) >= 11 is 0. The van der Waals surface area contributed by atoms with Crippen LogP contribution >= 0.6 is 0 Å². The van der Waals surface area contributed by atoms with Gasteiger partial charge in [-0.15, -0.1) is 0 Å². The zero-order valence-corrected chi connectivity index (χ0v) is 11.3. The fourth-order valence-electron chi connectivity index (χ4n) is 1.99. The van der Waals surface area contributed by atoms with Crippen LogP contribution in [0.2, 0.25) is 0 Å². The average molecular weight is 257 g/mol. The molecule has 2 rings (SSSR count). The van der Waals surface area contributed by atoms with Gasteiger partial charge in [0.1, 0.15) is 0 Å². The van der Waals surface area contributed by atoms with Crippen molar-refractivity contribution in [2.75, 3.05) is 0 Å². The van der Waals surface area contributed by atoms with Crippen molar-refractivity contribution in [3.05, 3.63) is 59.5 Å². The number of rotatable bonds is 5. The Bertz CT molecular complexity index is 531. The van der Waals surface area contributed by atoms with Crippen LogP contribution in [0.4, 0.5) is 0 Å². The van der Waals surface area contributed by atoms with Gasteiger partial charge in [0.25, 0.3) is 5.91 Å². The van der Waals surface area contributed by atoms with E-state index in [4.69, 9.17) is 4.42 Å². The Kier molecular flexibility index (Phi) is 4.39. The molecule has 1 amide bonds. The molecule has 0 aliphatic carbocycles. The first-order chi connectivity index (χ1) is 9.16. The van der Waals surface area contributed by atoms with Gasteiger partial charge in [0.15, 0.2) is 5.76 Å². The second kappa shape index (κ2) is 6.23. The first-order valence-electron chi connectivity index (χ1n) is 6.55. The number of hydrogen-bond donors (Lipinski definition) is 1. The third kappa shape index (κ3) is 3.71. The molecule has 0 radical (unpaired) electrons. The van der Waals surface area contributed by atoms with Gasteiger partial charge in [0, 0.05) is 11.6 Å². The highest BCUT2D eigenvalue weighted by molar-refractivity contribution is 5.92. The summed E-state index contributed by atoms with van der Waals surface area (Å²) in [7, 11) is 0. The molecule has 1 aromatic carbocycles. The van der Waals surface area contributed by atoms with Gasteiger partial charge in [-0.05, 0) is 38.3 Å². The number of furan rings is 1. The van der Waals surface area contributed by atoms with Crippen molar-refractivity contribution in [2.45, 2.75) is 32.7 Å². The molecule has 0 aliphatic rings. The Morgan fingerprint density at radius 3 is 2.63 bits per heavy atom. The summed E-state index contributed by atoms with van der Waals surface area (Å²) in [5, 5.41) is 2.96. The molecule has 0 saturated heterocycles. The summed E-state index contributed by atoms with van der Waals surface area (Å²) in [6.07, 6.45) is 3.41. The lowest BCUT2D eigenvalue weighted by Gasteiger charge is -2.13. The molecule has 19 heavy (non-hydrogen) atoms. The van der Waals surface area contributed by atoms with E-state index in [-0.39, 0.29) is 11.9 Å². The molecule has 0 spiro atoms. The minimum absolute atomic E-state index is 0.122. The van der Waals surface area contributed by atoms with E-state index in [1.165, 1.54) is 5.56 Å². The maximum absolute atomic E-state index is 11.9. The quantitative estimate of drug-likeness (QED) is 0.892. The maximum atomic E-state index is 11.9. The SMILES string of the molecule is Cc1ccoc1C(=O)N[C@H](C)CCc1ccccc1. The van der Waals surface area contributed by atoms with Crippen LogP contribution in [0.25, 0.3) is 0 Å². The van der Waals surface area contributed by atoms with Gasteiger partial charge in [-0.1, -0.05) is 30.3 Å². The second-order valence-electron chi connectivity index (χ2n) is 4.83. The number of carbonyl (C=O) groups is 1. The summed E-state index contributed by atoms with van der Waals surface area (Å²) in [4.78, 5) is 11.9. The standard InChI is InChI=1S/C16H19NO2/c1-12-10-11-19-15(12)16(18)17-13(2)8-9-14-6-4-3-5-7-14/h3-7,10-11,13H,8-9H2,1-2H3,(H,17,18)/t13-/m1/s1. The monoisotopic (exact) mass is 257 g/mol. The van der Waals surface area contributed by atoms with Gasteiger partial charge in [0.05, 0.1) is 6.26 Å². The van der Waals surface area contributed by atoms with Gasteiger partial charge in [-0.2, -0.15) is 0 Å². The first kappa shape index (κ1) is 13.4. The summed E-state index contributed by atoms with van der Waals surface area (Å²) in [5.41, 5.74) is 2.16. The average Bonchev–Trinajstić information content (AvgIpc) is 2.84. The summed E-state index contributed by atoms with van der Waals surface area (Å²) < 4.78 is 5.18. The molecule has 3 heteroatoms. The minimum atomic E-state index is -0.136. The van der Waals surface area contributed by atoms with Gasteiger partial charge in [-0.3, -0.25) is 4.79 Å². The van der Waals surface area contributed by atoms with E-state index in [1.807, 2.05) is 32.0 Å². The number of hydrogen-bond acceptors (Lipinski definition) is 2. The smallest absolute Gasteiger partial charge is 0.287 e. The molecule has 0 unspecified atom stereocenters. The van der Waals surface area contributed by atoms with Crippen LogP contribution in [0.15, 0.2) is 47.1 Å². The predicted molar refractivity (Wildman–Crippen MR) is 75.1 cm³/mol. The van der Waals surface area contributed by atoms with E-state index in [2.05, 4.69) is 17.4 Å². The van der Waals surface area contributed by atoms with Crippen LogP contribution in [-0.4, -0.2) is 11.9 Å². The van der Waals surface area contributed by atoms with Gasteiger partial charge >= 0.3 is 0 Å². The lowest BCUT2D eigenvalue weighted by atomic mass is 10.1. The van der Waals surface area contributed by atoms with E-state index in [1.54, 1.807) is 12.3 Å². The molecule has 0 fully saturated rings. The Hall–Kier alpha value is -2.03. The van der Waals surface area contributed by atoms with Crippen molar-refractivity contribution < 1.29 is 9.21 Å². The maximum Gasteiger partial charge on any atom is 0.287 e. The van der Waals surface area contributed by atoms with Crippen molar-refractivity contribution >= 4 is 5.91 Å². The number of benzene rings is 1. The summed E-state index contributed by atoms with van der Waals surface area (Å²) in [5.74, 6) is 0.273. The Labute approximate surface area is 113 Å². The summed E-state index contributed by atoms with van der Waals surface area (Å²) in [6.45, 7) is 3.88. The van der Waals surface area contributed by atoms with E-state index in [0.29, 0.717) is 5.76 Å². The second-order valence-corrected chi connectivity index (χ2v) is 4.83. The highest BCUT2D eigenvalue weighted by Gasteiger charge is 2.14. The lowest BCUT2D eigenvalue weighted by Crippen LogP contribution is -2.33. The molecular weight excluding hydrogens is 238 g/mol. The van der Waals surface area contributed by atoms with E-state index in [9.17, 15) is 4.79 Å². The molecule has 0 bridgehead atoms. The topological polar surface area (TPSA) is 42.2 Å². The van der Waals surface area contributed by atoms with Crippen molar-refractivity contribution in [3.63, 3.8) is 0 Å². The number of nitrogens with one attached hydrogen (secondary N) is 1. The third-order valence-electron chi connectivity index (χ3n) is 3.15. The van der Waals surface area contributed by atoms with E-state index in [0.717, 1.165) is 18.4 Å². The van der Waals surface area contributed by atoms with E-state index >= 15 is 0 Å². The molecule has 100 valence electrons. The lowest BCUT2D eigenvalue weighted by molar-refractivity contribution is 0.0909. The van der Waals surface area contributed by atoms with Crippen LogP contribution in [0.1, 0.15) is 35.0 Å².